The van der Waals surface area contributed by atoms with E-state index in [1.165, 1.54) is 0 Å². The maximum absolute atomic E-state index is 5.10. The van der Waals surface area contributed by atoms with Gasteiger partial charge in [0.2, 0.25) is 0 Å². The summed E-state index contributed by atoms with van der Waals surface area (Å²) in [4.78, 5) is 0. The fourth-order valence-corrected chi connectivity index (χ4v) is 0.859. The molecule has 0 bridgehead atoms. The summed E-state index contributed by atoms with van der Waals surface area (Å²) in [7, 11) is 0. The number of hydrogen-bond acceptors (Lipinski definition) is 2. The van der Waals surface area contributed by atoms with Gasteiger partial charge in [-0.05, 0) is 18.6 Å². The van der Waals surface area contributed by atoms with Crippen LogP contribution in [0.5, 0.6) is 0 Å². The zero-order chi connectivity index (χ0) is 6.81. The molecule has 2 heterocycles. The molecule has 2 rings (SSSR count). The van der Waals surface area contributed by atoms with E-state index in [1.54, 1.807) is 6.26 Å². The van der Waals surface area contributed by atoms with Crippen molar-refractivity contribution < 1.29 is 9.15 Å². The number of rotatable bonds is 3. The molecule has 0 amide bonds. The Bertz CT molecular complexity index is 187. The van der Waals surface area contributed by atoms with Gasteiger partial charge in [-0.3, -0.25) is 0 Å². The van der Waals surface area contributed by atoms with Crippen LogP contribution in [0.4, 0.5) is 0 Å². The normalized spacial score (nSPS) is 23.0. The summed E-state index contributed by atoms with van der Waals surface area (Å²) in [6.07, 6.45) is 5.18. The summed E-state index contributed by atoms with van der Waals surface area (Å²) < 4.78 is 10.1. The van der Waals surface area contributed by atoms with E-state index in [2.05, 4.69) is 6.42 Å². The van der Waals surface area contributed by atoms with Gasteiger partial charge in [0, 0.05) is 6.42 Å². The highest BCUT2D eigenvalue weighted by Crippen LogP contribution is 2.18. The van der Waals surface area contributed by atoms with Crippen LogP contribution >= 0.6 is 0 Å². The largest absolute Gasteiger partial charge is 0.469 e. The molecule has 0 saturated carbocycles. The summed E-state index contributed by atoms with van der Waals surface area (Å²) in [5.41, 5.74) is 0. The molecule has 1 aliphatic rings. The fourth-order valence-electron chi connectivity index (χ4n) is 0.859. The molecule has 0 spiro atoms. The standard InChI is InChI=1S/C8H9O2/c1-2-7(9-5-1)3-4-8-6-10-8/h1-3,5,8H,4,6H2. The van der Waals surface area contributed by atoms with Crippen molar-refractivity contribution in [3.8, 4) is 0 Å². The molecule has 0 N–H and O–H groups in total. The monoisotopic (exact) mass is 137 g/mol. The molecular formula is C8H9O2. The first kappa shape index (κ1) is 5.98. The van der Waals surface area contributed by atoms with E-state index in [0.29, 0.717) is 6.10 Å². The van der Waals surface area contributed by atoms with Gasteiger partial charge >= 0.3 is 0 Å². The van der Waals surface area contributed by atoms with Gasteiger partial charge in [-0.15, -0.1) is 0 Å². The minimum Gasteiger partial charge on any atom is -0.469 e. The Morgan fingerprint density at radius 1 is 1.70 bits per heavy atom. The Balaban J connectivity index is 1.79. The highest BCUT2D eigenvalue weighted by molar-refractivity contribution is 5.09. The zero-order valence-electron chi connectivity index (χ0n) is 5.62. The average Bonchev–Trinajstić information content (AvgIpc) is 2.63. The third-order valence-corrected chi connectivity index (χ3v) is 1.53. The lowest BCUT2D eigenvalue weighted by atomic mass is 10.2. The molecule has 1 atom stereocenters. The van der Waals surface area contributed by atoms with E-state index in [0.717, 1.165) is 18.8 Å². The van der Waals surface area contributed by atoms with Crippen molar-refractivity contribution in [3.63, 3.8) is 0 Å². The minimum atomic E-state index is 0.463. The van der Waals surface area contributed by atoms with Crippen LogP contribution in [0.3, 0.4) is 0 Å². The van der Waals surface area contributed by atoms with Gasteiger partial charge in [0.25, 0.3) is 0 Å². The molecule has 1 radical (unpaired) electrons. The van der Waals surface area contributed by atoms with Crippen LogP contribution in [0.1, 0.15) is 12.2 Å². The summed E-state index contributed by atoms with van der Waals surface area (Å²) >= 11 is 0. The molecule has 1 aromatic rings. The Morgan fingerprint density at radius 2 is 2.60 bits per heavy atom. The van der Waals surface area contributed by atoms with Crippen LogP contribution < -0.4 is 0 Å². The second kappa shape index (κ2) is 2.46. The number of epoxide rings is 1. The predicted molar refractivity (Wildman–Crippen MR) is 36.5 cm³/mol. The first-order valence-corrected chi connectivity index (χ1v) is 3.43. The van der Waals surface area contributed by atoms with Crippen LogP contribution in [-0.4, -0.2) is 12.7 Å². The summed E-state index contributed by atoms with van der Waals surface area (Å²) in [5, 5.41) is 0. The van der Waals surface area contributed by atoms with E-state index in [4.69, 9.17) is 9.15 Å². The van der Waals surface area contributed by atoms with Gasteiger partial charge in [0.15, 0.2) is 0 Å². The van der Waals surface area contributed by atoms with Gasteiger partial charge in [0.1, 0.15) is 5.76 Å². The zero-order valence-corrected chi connectivity index (χ0v) is 5.62. The van der Waals surface area contributed by atoms with Crippen molar-refractivity contribution in [2.24, 2.45) is 0 Å². The molecule has 1 saturated heterocycles. The van der Waals surface area contributed by atoms with E-state index in [1.807, 2.05) is 12.1 Å². The Kier molecular flexibility index (Phi) is 1.47. The second-order valence-electron chi connectivity index (χ2n) is 2.41. The molecular weight excluding hydrogens is 128 g/mol. The SMILES string of the molecule is [CH](CC1CO1)c1ccco1. The first-order valence-electron chi connectivity index (χ1n) is 3.43. The maximum Gasteiger partial charge on any atom is 0.107 e. The predicted octanol–water partition coefficient (Wildman–Crippen LogP) is 1.62. The highest BCUT2D eigenvalue weighted by Gasteiger charge is 2.22. The van der Waals surface area contributed by atoms with E-state index in [-0.39, 0.29) is 0 Å². The van der Waals surface area contributed by atoms with Gasteiger partial charge < -0.3 is 9.15 Å². The Morgan fingerprint density at radius 3 is 3.20 bits per heavy atom. The molecule has 1 fully saturated rings. The smallest absolute Gasteiger partial charge is 0.107 e. The van der Waals surface area contributed by atoms with E-state index >= 15 is 0 Å². The molecule has 53 valence electrons. The highest BCUT2D eigenvalue weighted by atomic mass is 16.6. The molecule has 2 nitrogen and oxygen atoms in total. The topological polar surface area (TPSA) is 25.7 Å². The number of ether oxygens (including phenoxy) is 1. The molecule has 2 heteroatoms. The van der Waals surface area contributed by atoms with Crippen LogP contribution in [0, 0.1) is 6.42 Å². The van der Waals surface area contributed by atoms with Crippen LogP contribution in [0.2, 0.25) is 0 Å². The van der Waals surface area contributed by atoms with Crippen molar-refractivity contribution >= 4 is 0 Å². The van der Waals surface area contributed by atoms with Crippen LogP contribution in [0.15, 0.2) is 22.8 Å². The van der Waals surface area contributed by atoms with Gasteiger partial charge in [-0.2, -0.15) is 0 Å². The summed E-state index contributed by atoms with van der Waals surface area (Å²) in [5.74, 6) is 0.940. The van der Waals surface area contributed by atoms with Crippen molar-refractivity contribution in [2.45, 2.75) is 12.5 Å². The van der Waals surface area contributed by atoms with Crippen LogP contribution in [-0.2, 0) is 4.74 Å². The molecule has 10 heavy (non-hydrogen) atoms. The van der Waals surface area contributed by atoms with Crippen molar-refractivity contribution in [1.29, 1.82) is 0 Å². The van der Waals surface area contributed by atoms with Gasteiger partial charge in [0.05, 0.1) is 19.0 Å². The second-order valence-corrected chi connectivity index (χ2v) is 2.41. The third kappa shape index (κ3) is 1.39. The van der Waals surface area contributed by atoms with E-state index < -0.39 is 0 Å². The van der Waals surface area contributed by atoms with E-state index in [9.17, 15) is 0 Å². The van der Waals surface area contributed by atoms with Gasteiger partial charge in [-0.25, -0.2) is 0 Å². The maximum atomic E-state index is 5.10. The Labute approximate surface area is 59.8 Å². The number of furan rings is 1. The molecule has 1 unspecified atom stereocenters. The number of hydrogen-bond donors (Lipinski definition) is 0. The van der Waals surface area contributed by atoms with Crippen molar-refractivity contribution in [2.75, 3.05) is 6.61 Å². The van der Waals surface area contributed by atoms with Crippen LogP contribution in [0.25, 0.3) is 0 Å². The minimum absolute atomic E-state index is 0.463. The first-order chi connectivity index (χ1) is 4.95. The lowest BCUT2D eigenvalue weighted by molar-refractivity contribution is 0.403. The molecule has 0 aromatic carbocycles. The molecule has 1 aliphatic heterocycles. The van der Waals surface area contributed by atoms with Gasteiger partial charge in [-0.1, -0.05) is 0 Å². The van der Waals surface area contributed by atoms with Crippen molar-refractivity contribution in [3.05, 3.63) is 30.6 Å². The molecule has 1 aromatic heterocycles. The summed E-state index contributed by atoms with van der Waals surface area (Å²) in [6.45, 7) is 0.914. The fraction of sp³-hybridized carbons (Fsp3) is 0.375. The average molecular weight is 137 g/mol. The summed E-state index contributed by atoms with van der Waals surface area (Å²) in [6, 6.07) is 3.84. The molecule has 0 aliphatic carbocycles. The lowest BCUT2D eigenvalue weighted by Crippen LogP contribution is -1.85. The lowest BCUT2D eigenvalue weighted by Gasteiger charge is -1.89. The third-order valence-electron chi connectivity index (χ3n) is 1.53. The Hall–Kier alpha value is -0.760. The van der Waals surface area contributed by atoms with Crippen molar-refractivity contribution in [1.82, 2.24) is 0 Å². The quantitative estimate of drug-likeness (QED) is 0.591.